The topological polar surface area (TPSA) is 64.6 Å². The van der Waals surface area contributed by atoms with Crippen molar-refractivity contribution in [1.82, 2.24) is 4.72 Å². The van der Waals surface area contributed by atoms with Crippen molar-refractivity contribution in [1.29, 1.82) is 0 Å². The van der Waals surface area contributed by atoms with Crippen molar-refractivity contribution in [3.63, 3.8) is 0 Å². The molecule has 1 N–H and O–H groups in total. The zero-order valence-electron chi connectivity index (χ0n) is 13.3. The fraction of sp³-hybridized carbons (Fsp3) is 0.294. The van der Waals surface area contributed by atoms with Gasteiger partial charge in [0.1, 0.15) is 18.1 Å². The number of hydrogen-bond donors (Lipinski definition) is 1. The predicted molar refractivity (Wildman–Crippen MR) is 90.3 cm³/mol. The average molecular weight is 335 g/mol. The van der Waals surface area contributed by atoms with E-state index in [1.54, 1.807) is 25.3 Å². The van der Waals surface area contributed by atoms with E-state index in [0.717, 1.165) is 11.1 Å². The summed E-state index contributed by atoms with van der Waals surface area (Å²) < 4.78 is 37.2. The summed E-state index contributed by atoms with van der Waals surface area (Å²) in [6.07, 6.45) is 0. The predicted octanol–water partition coefficient (Wildman–Crippen LogP) is 2.50. The van der Waals surface area contributed by atoms with Crippen molar-refractivity contribution < 1.29 is 17.9 Å². The van der Waals surface area contributed by atoms with Crippen molar-refractivity contribution in [3.8, 4) is 11.5 Å². The molecule has 0 saturated heterocycles. The van der Waals surface area contributed by atoms with E-state index >= 15 is 0 Å². The molecule has 0 amide bonds. The van der Waals surface area contributed by atoms with Crippen LogP contribution in [-0.4, -0.2) is 28.7 Å². The zero-order valence-corrected chi connectivity index (χ0v) is 14.1. The molecule has 0 aliphatic rings. The van der Waals surface area contributed by atoms with Crippen molar-refractivity contribution in [2.75, 3.05) is 20.3 Å². The van der Waals surface area contributed by atoms with Gasteiger partial charge in [-0.2, -0.15) is 0 Å². The van der Waals surface area contributed by atoms with E-state index in [1.807, 2.05) is 37.3 Å². The largest absolute Gasteiger partial charge is 0.497 e. The minimum atomic E-state index is -3.37. The molecule has 0 spiro atoms. The Kier molecular flexibility index (Phi) is 6.01. The number of sulfonamides is 1. The van der Waals surface area contributed by atoms with Crippen LogP contribution in [0.25, 0.3) is 0 Å². The maximum atomic E-state index is 12.0. The monoisotopic (exact) mass is 335 g/mol. The number of rotatable bonds is 8. The Hall–Kier alpha value is -2.05. The van der Waals surface area contributed by atoms with Crippen LogP contribution >= 0.6 is 0 Å². The first-order valence-corrected chi connectivity index (χ1v) is 8.93. The smallest absolute Gasteiger partial charge is 0.215 e. The van der Waals surface area contributed by atoms with Crippen LogP contribution in [0.3, 0.4) is 0 Å². The van der Waals surface area contributed by atoms with Crippen LogP contribution in [0.1, 0.15) is 11.1 Å². The molecule has 0 heterocycles. The van der Waals surface area contributed by atoms with Gasteiger partial charge in [0.2, 0.25) is 10.0 Å². The van der Waals surface area contributed by atoms with Crippen molar-refractivity contribution in [3.05, 3.63) is 59.7 Å². The summed E-state index contributed by atoms with van der Waals surface area (Å²) in [5.74, 6) is 1.30. The Morgan fingerprint density at radius 3 is 2.52 bits per heavy atom. The number of nitrogens with one attached hydrogen (secondary N) is 1. The van der Waals surface area contributed by atoms with Crippen LogP contribution in [0.4, 0.5) is 0 Å². The maximum absolute atomic E-state index is 12.0. The summed E-state index contributed by atoms with van der Waals surface area (Å²) in [5.41, 5.74) is 1.81. The first-order chi connectivity index (χ1) is 11.0. The summed E-state index contributed by atoms with van der Waals surface area (Å²) in [5, 5.41) is 0. The zero-order chi connectivity index (χ0) is 16.7. The number of aryl methyl sites for hydroxylation is 1. The van der Waals surface area contributed by atoms with Gasteiger partial charge in [0.25, 0.3) is 0 Å². The van der Waals surface area contributed by atoms with E-state index in [9.17, 15) is 8.42 Å². The standard InChI is InChI=1S/C17H21NO4S/c1-14-5-3-6-15(11-14)13-23(19,20)18-9-10-22-17-8-4-7-16(12-17)21-2/h3-8,11-12,18H,9-10,13H2,1-2H3. The fourth-order valence-corrected chi connectivity index (χ4v) is 3.24. The average Bonchev–Trinajstić information content (AvgIpc) is 2.51. The lowest BCUT2D eigenvalue weighted by Gasteiger charge is -2.09. The molecule has 0 radical (unpaired) electrons. The van der Waals surface area contributed by atoms with Gasteiger partial charge in [-0.05, 0) is 24.6 Å². The Labute approximate surface area is 137 Å². The minimum absolute atomic E-state index is 0.0339. The quantitative estimate of drug-likeness (QED) is 0.753. The number of hydrogen-bond acceptors (Lipinski definition) is 4. The highest BCUT2D eigenvalue weighted by Crippen LogP contribution is 2.18. The molecule has 23 heavy (non-hydrogen) atoms. The van der Waals surface area contributed by atoms with Gasteiger partial charge >= 0.3 is 0 Å². The van der Waals surface area contributed by atoms with Crippen LogP contribution in [0.2, 0.25) is 0 Å². The van der Waals surface area contributed by atoms with Gasteiger partial charge in [0.15, 0.2) is 0 Å². The molecule has 2 aromatic rings. The first kappa shape index (κ1) is 17.3. The third-order valence-electron chi connectivity index (χ3n) is 3.17. The molecule has 0 saturated carbocycles. The van der Waals surface area contributed by atoms with Crippen LogP contribution < -0.4 is 14.2 Å². The lowest BCUT2D eigenvalue weighted by Crippen LogP contribution is -2.29. The molecule has 0 aromatic heterocycles. The Bertz CT molecular complexity index is 744. The molecule has 124 valence electrons. The number of benzene rings is 2. The SMILES string of the molecule is COc1cccc(OCCNS(=O)(=O)Cc2cccc(C)c2)c1. The molecule has 2 aromatic carbocycles. The van der Waals surface area contributed by atoms with E-state index in [4.69, 9.17) is 9.47 Å². The van der Waals surface area contributed by atoms with Crippen LogP contribution in [0.15, 0.2) is 48.5 Å². The molecule has 0 fully saturated rings. The molecule has 0 bridgehead atoms. The summed E-state index contributed by atoms with van der Waals surface area (Å²) in [4.78, 5) is 0. The summed E-state index contributed by atoms with van der Waals surface area (Å²) in [6.45, 7) is 2.40. The normalized spacial score (nSPS) is 11.2. The van der Waals surface area contributed by atoms with Gasteiger partial charge in [-0.15, -0.1) is 0 Å². The summed E-state index contributed by atoms with van der Waals surface area (Å²) >= 11 is 0. The van der Waals surface area contributed by atoms with Crippen LogP contribution in [0.5, 0.6) is 11.5 Å². The molecule has 0 aliphatic heterocycles. The highest BCUT2D eigenvalue weighted by Gasteiger charge is 2.11. The van der Waals surface area contributed by atoms with Gasteiger partial charge in [-0.25, -0.2) is 13.1 Å². The van der Waals surface area contributed by atoms with E-state index in [-0.39, 0.29) is 18.9 Å². The molecule has 5 nitrogen and oxygen atoms in total. The molecule has 0 atom stereocenters. The van der Waals surface area contributed by atoms with Gasteiger partial charge in [0, 0.05) is 12.6 Å². The molecular weight excluding hydrogens is 314 g/mol. The van der Waals surface area contributed by atoms with Crippen LogP contribution in [-0.2, 0) is 15.8 Å². The van der Waals surface area contributed by atoms with Gasteiger partial charge in [-0.1, -0.05) is 35.9 Å². The molecular formula is C17H21NO4S. The second-order valence-corrected chi connectivity index (χ2v) is 6.98. The Morgan fingerprint density at radius 1 is 1.04 bits per heavy atom. The fourth-order valence-electron chi connectivity index (χ4n) is 2.13. The van der Waals surface area contributed by atoms with E-state index in [0.29, 0.717) is 11.5 Å². The van der Waals surface area contributed by atoms with E-state index < -0.39 is 10.0 Å². The summed E-state index contributed by atoms with van der Waals surface area (Å²) in [6, 6.07) is 14.6. The molecule has 0 aliphatic carbocycles. The van der Waals surface area contributed by atoms with Crippen molar-refractivity contribution in [2.45, 2.75) is 12.7 Å². The summed E-state index contributed by atoms with van der Waals surface area (Å²) in [7, 11) is -1.79. The molecule has 2 rings (SSSR count). The van der Waals surface area contributed by atoms with Gasteiger partial charge in [0.05, 0.1) is 12.9 Å². The van der Waals surface area contributed by atoms with Crippen molar-refractivity contribution in [2.24, 2.45) is 0 Å². The Morgan fingerprint density at radius 2 is 1.78 bits per heavy atom. The van der Waals surface area contributed by atoms with Crippen LogP contribution in [0, 0.1) is 6.92 Å². The Balaban J connectivity index is 1.80. The van der Waals surface area contributed by atoms with E-state index in [1.165, 1.54) is 0 Å². The number of methoxy groups -OCH3 is 1. The minimum Gasteiger partial charge on any atom is -0.497 e. The highest BCUT2D eigenvalue weighted by molar-refractivity contribution is 7.88. The second kappa shape index (κ2) is 7.99. The molecule has 0 unspecified atom stereocenters. The first-order valence-electron chi connectivity index (χ1n) is 7.28. The third-order valence-corrected chi connectivity index (χ3v) is 4.53. The van der Waals surface area contributed by atoms with E-state index in [2.05, 4.69) is 4.72 Å². The van der Waals surface area contributed by atoms with Gasteiger partial charge < -0.3 is 9.47 Å². The maximum Gasteiger partial charge on any atom is 0.215 e. The highest BCUT2D eigenvalue weighted by atomic mass is 32.2. The second-order valence-electron chi connectivity index (χ2n) is 5.17. The number of ether oxygens (including phenoxy) is 2. The molecule has 6 heteroatoms. The lowest BCUT2D eigenvalue weighted by molar-refractivity contribution is 0.320. The van der Waals surface area contributed by atoms with Gasteiger partial charge in [-0.3, -0.25) is 0 Å². The third kappa shape index (κ3) is 5.92. The lowest BCUT2D eigenvalue weighted by atomic mass is 10.2. The van der Waals surface area contributed by atoms with Crippen molar-refractivity contribution >= 4 is 10.0 Å².